The van der Waals surface area contributed by atoms with E-state index >= 15 is 0 Å². The quantitative estimate of drug-likeness (QED) is 0.819. The molecule has 0 aromatic carbocycles. The van der Waals surface area contributed by atoms with Gasteiger partial charge in [0, 0.05) is 24.8 Å². The lowest BCUT2D eigenvalue weighted by Gasteiger charge is -2.30. The van der Waals surface area contributed by atoms with Gasteiger partial charge in [-0.25, -0.2) is 4.98 Å². The van der Waals surface area contributed by atoms with Crippen LogP contribution in [0.1, 0.15) is 25.7 Å². The van der Waals surface area contributed by atoms with Crippen molar-refractivity contribution in [2.45, 2.75) is 37.8 Å². The fraction of sp³-hybridized carbons (Fsp3) is 0.615. The number of nitrogens with one attached hydrogen (secondary N) is 1. The van der Waals surface area contributed by atoms with Crippen LogP contribution in [0.15, 0.2) is 24.4 Å². The second-order valence-corrected chi connectivity index (χ2v) is 4.79. The zero-order chi connectivity index (χ0) is 10.8. The molecule has 3 heteroatoms. The normalized spacial score (nSPS) is 29.9. The Morgan fingerprint density at radius 2 is 2.25 bits per heavy atom. The highest BCUT2D eigenvalue weighted by Crippen LogP contribution is 2.28. The van der Waals surface area contributed by atoms with Crippen molar-refractivity contribution in [3.8, 4) is 0 Å². The van der Waals surface area contributed by atoms with E-state index in [4.69, 9.17) is 0 Å². The summed E-state index contributed by atoms with van der Waals surface area (Å²) in [6, 6.07) is 7.55. The van der Waals surface area contributed by atoms with Crippen molar-refractivity contribution in [1.29, 1.82) is 0 Å². The highest BCUT2D eigenvalue weighted by Gasteiger charge is 2.33. The molecule has 2 aliphatic heterocycles. The van der Waals surface area contributed by atoms with Crippen LogP contribution in [0.2, 0.25) is 0 Å². The maximum absolute atomic E-state index is 4.48. The van der Waals surface area contributed by atoms with Gasteiger partial charge in [0.25, 0.3) is 0 Å². The molecular formula is C13H19N3. The molecule has 16 heavy (non-hydrogen) atoms. The lowest BCUT2D eigenvalue weighted by molar-refractivity contribution is 0.481. The number of hydrogen-bond acceptors (Lipinski definition) is 3. The molecule has 0 bridgehead atoms. The van der Waals surface area contributed by atoms with Crippen molar-refractivity contribution < 1.29 is 0 Å². The summed E-state index contributed by atoms with van der Waals surface area (Å²) in [6.07, 6.45) is 7.17. The summed E-state index contributed by atoms with van der Waals surface area (Å²) in [4.78, 5) is 6.97. The molecule has 2 aliphatic rings. The largest absolute Gasteiger partial charge is 0.352 e. The van der Waals surface area contributed by atoms with Gasteiger partial charge in [-0.3, -0.25) is 0 Å². The molecule has 2 saturated heterocycles. The summed E-state index contributed by atoms with van der Waals surface area (Å²) >= 11 is 0. The van der Waals surface area contributed by atoms with Crippen molar-refractivity contribution in [1.82, 2.24) is 10.3 Å². The van der Waals surface area contributed by atoms with Crippen LogP contribution in [0.25, 0.3) is 0 Å². The average molecular weight is 217 g/mol. The standard InChI is InChI=1S/C13H19N3/c1-2-8-15-13(7-1)16-10-4-6-12(16)11-5-3-9-14-11/h1-2,7-8,11-12,14H,3-6,9-10H2. The van der Waals surface area contributed by atoms with E-state index in [1.807, 2.05) is 12.3 Å². The van der Waals surface area contributed by atoms with Gasteiger partial charge in [0.05, 0.1) is 0 Å². The third-order valence-electron chi connectivity index (χ3n) is 3.81. The van der Waals surface area contributed by atoms with Gasteiger partial charge < -0.3 is 10.2 Å². The second kappa shape index (κ2) is 4.42. The number of aromatic nitrogens is 1. The molecule has 3 heterocycles. The minimum Gasteiger partial charge on any atom is -0.352 e. The van der Waals surface area contributed by atoms with E-state index < -0.39 is 0 Å². The lowest BCUT2D eigenvalue weighted by atomic mass is 10.0. The van der Waals surface area contributed by atoms with Crippen molar-refractivity contribution in [3.05, 3.63) is 24.4 Å². The molecule has 2 fully saturated rings. The molecule has 2 atom stereocenters. The third kappa shape index (κ3) is 1.80. The predicted molar refractivity (Wildman–Crippen MR) is 65.6 cm³/mol. The highest BCUT2D eigenvalue weighted by molar-refractivity contribution is 5.41. The highest BCUT2D eigenvalue weighted by atomic mass is 15.3. The van der Waals surface area contributed by atoms with Gasteiger partial charge in [-0.1, -0.05) is 6.07 Å². The number of rotatable bonds is 2. The molecule has 86 valence electrons. The fourth-order valence-electron chi connectivity index (χ4n) is 3.06. The summed E-state index contributed by atoms with van der Waals surface area (Å²) in [5.74, 6) is 1.15. The Balaban J connectivity index is 1.78. The van der Waals surface area contributed by atoms with E-state index in [2.05, 4.69) is 27.3 Å². The van der Waals surface area contributed by atoms with Crippen LogP contribution >= 0.6 is 0 Å². The fourth-order valence-corrected chi connectivity index (χ4v) is 3.06. The molecule has 3 nitrogen and oxygen atoms in total. The Kier molecular flexibility index (Phi) is 2.79. The van der Waals surface area contributed by atoms with Crippen LogP contribution in [-0.2, 0) is 0 Å². The van der Waals surface area contributed by atoms with E-state index in [1.54, 1.807) is 0 Å². The van der Waals surface area contributed by atoms with Gasteiger partial charge in [0.15, 0.2) is 0 Å². The van der Waals surface area contributed by atoms with Crippen LogP contribution in [-0.4, -0.2) is 30.2 Å². The minimum atomic E-state index is 0.664. The zero-order valence-corrected chi connectivity index (χ0v) is 9.60. The Hall–Kier alpha value is -1.09. The summed E-state index contributed by atoms with van der Waals surface area (Å²) < 4.78 is 0. The third-order valence-corrected chi connectivity index (χ3v) is 3.81. The number of anilines is 1. The molecule has 0 amide bonds. The van der Waals surface area contributed by atoms with E-state index in [1.165, 1.54) is 38.8 Å². The first-order chi connectivity index (χ1) is 7.95. The van der Waals surface area contributed by atoms with Gasteiger partial charge in [0.2, 0.25) is 0 Å². The maximum Gasteiger partial charge on any atom is 0.128 e. The van der Waals surface area contributed by atoms with E-state index in [0.29, 0.717) is 12.1 Å². The van der Waals surface area contributed by atoms with Gasteiger partial charge >= 0.3 is 0 Å². The maximum atomic E-state index is 4.48. The average Bonchev–Trinajstić information content (AvgIpc) is 3.01. The van der Waals surface area contributed by atoms with Crippen molar-refractivity contribution in [2.75, 3.05) is 18.0 Å². The first-order valence-corrected chi connectivity index (χ1v) is 6.36. The molecule has 1 N–H and O–H groups in total. The Labute approximate surface area is 96.9 Å². The van der Waals surface area contributed by atoms with Gasteiger partial charge in [-0.15, -0.1) is 0 Å². The van der Waals surface area contributed by atoms with Crippen LogP contribution in [0.5, 0.6) is 0 Å². The Morgan fingerprint density at radius 3 is 3.00 bits per heavy atom. The smallest absolute Gasteiger partial charge is 0.128 e. The second-order valence-electron chi connectivity index (χ2n) is 4.79. The number of pyridine rings is 1. The molecular weight excluding hydrogens is 198 g/mol. The van der Waals surface area contributed by atoms with Crippen LogP contribution < -0.4 is 10.2 Å². The van der Waals surface area contributed by atoms with E-state index in [9.17, 15) is 0 Å². The molecule has 2 unspecified atom stereocenters. The van der Waals surface area contributed by atoms with Crippen molar-refractivity contribution in [2.24, 2.45) is 0 Å². The minimum absolute atomic E-state index is 0.664. The zero-order valence-electron chi connectivity index (χ0n) is 9.60. The first kappa shape index (κ1) is 10.1. The van der Waals surface area contributed by atoms with E-state index in [-0.39, 0.29) is 0 Å². The molecule has 1 aromatic heterocycles. The van der Waals surface area contributed by atoms with Crippen molar-refractivity contribution in [3.63, 3.8) is 0 Å². The van der Waals surface area contributed by atoms with Gasteiger partial charge in [-0.05, 0) is 44.4 Å². The Morgan fingerprint density at radius 1 is 1.25 bits per heavy atom. The summed E-state index contributed by atoms with van der Waals surface area (Å²) in [5.41, 5.74) is 0. The molecule has 0 spiro atoms. The number of hydrogen-bond donors (Lipinski definition) is 1. The van der Waals surface area contributed by atoms with E-state index in [0.717, 1.165) is 5.82 Å². The van der Waals surface area contributed by atoms with Crippen LogP contribution in [0.3, 0.4) is 0 Å². The van der Waals surface area contributed by atoms with Gasteiger partial charge in [-0.2, -0.15) is 0 Å². The molecule has 0 saturated carbocycles. The topological polar surface area (TPSA) is 28.2 Å². The number of nitrogens with zero attached hydrogens (tertiary/aromatic N) is 2. The molecule has 3 rings (SSSR count). The predicted octanol–water partition coefficient (Wildman–Crippen LogP) is 1.80. The first-order valence-electron chi connectivity index (χ1n) is 6.36. The van der Waals surface area contributed by atoms with Gasteiger partial charge in [0.1, 0.15) is 5.82 Å². The molecule has 0 aliphatic carbocycles. The SMILES string of the molecule is c1ccc(N2CCCC2C2CCCN2)nc1. The lowest BCUT2D eigenvalue weighted by Crippen LogP contribution is -2.44. The van der Waals surface area contributed by atoms with Crippen LogP contribution in [0.4, 0.5) is 5.82 Å². The molecule has 0 radical (unpaired) electrons. The molecule has 1 aromatic rings. The summed E-state index contributed by atoms with van der Waals surface area (Å²) in [7, 11) is 0. The summed E-state index contributed by atoms with van der Waals surface area (Å²) in [5, 5.41) is 3.63. The van der Waals surface area contributed by atoms with Crippen LogP contribution in [0, 0.1) is 0 Å². The van der Waals surface area contributed by atoms with Crippen molar-refractivity contribution >= 4 is 5.82 Å². The Bertz CT molecular complexity index is 332. The monoisotopic (exact) mass is 217 g/mol. The summed E-state index contributed by atoms with van der Waals surface area (Å²) in [6.45, 7) is 2.36.